The van der Waals surface area contributed by atoms with Gasteiger partial charge in [-0.05, 0) is 6.07 Å². The minimum absolute atomic E-state index is 0.0187. The van der Waals surface area contributed by atoms with Crippen molar-refractivity contribution in [3.05, 3.63) is 44.5 Å². The van der Waals surface area contributed by atoms with Crippen LogP contribution >= 0.6 is 11.6 Å². The van der Waals surface area contributed by atoms with E-state index < -0.39 is 22.8 Å². The van der Waals surface area contributed by atoms with Crippen LogP contribution in [0.1, 0.15) is 15.9 Å². The molecule has 100 valence electrons. The molecule has 1 aromatic heterocycles. The third-order valence-electron chi connectivity index (χ3n) is 2.76. The number of benzene rings is 1. The average Bonchev–Trinajstić information content (AvgIpc) is 2.36. The minimum atomic E-state index is -1.38. The molecule has 1 aromatic carbocycles. The largest absolute Gasteiger partial charge is 0.477 e. The third-order valence-corrected chi connectivity index (χ3v) is 3.03. The zero-order chi connectivity index (χ0) is 14.2. The van der Waals surface area contributed by atoms with Crippen LogP contribution in [0.3, 0.4) is 0 Å². The Morgan fingerprint density at radius 1 is 1.47 bits per heavy atom. The number of H-pyrrole nitrogens is 1. The first-order chi connectivity index (χ1) is 8.97. The quantitative estimate of drug-likeness (QED) is 0.798. The highest BCUT2D eigenvalue weighted by Gasteiger charge is 2.17. The number of halogens is 2. The molecule has 19 heavy (non-hydrogen) atoms. The molecule has 0 aliphatic carbocycles. The summed E-state index contributed by atoms with van der Waals surface area (Å²) in [5.41, 5.74) is -1.00. The lowest BCUT2D eigenvalue weighted by Crippen LogP contribution is -2.16. The van der Waals surface area contributed by atoms with Crippen molar-refractivity contribution in [2.24, 2.45) is 0 Å². The summed E-state index contributed by atoms with van der Waals surface area (Å²) in [4.78, 5) is 25.4. The van der Waals surface area contributed by atoms with Crippen LogP contribution < -0.4 is 5.43 Å². The molecule has 0 spiro atoms. The maximum absolute atomic E-state index is 13.8. The Morgan fingerprint density at radius 3 is 2.74 bits per heavy atom. The fourth-order valence-electron chi connectivity index (χ4n) is 1.88. The van der Waals surface area contributed by atoms with E-state index >= 15 is 0 Å². The van der Waals surface area contributed by atoms with Gasteiger partial charge in [0.05, 0.1) is 10.5 Å². The molecule has 0 bridgehead atoms. The van der Waals surface area contributed by atoms with Crippen molar-refractivity contribution in [3.63, 3.8) is 0 Å². The molecular weight excluding hydrogens is 277 g/mol. The Balaban J connectivity index is 2.90. The van der Waals surface area contributed by atoms with E-state index in [0.29, 0.717) is 0 Å². The van der Waals surface area contributed by atoms with Crippen LogP contribution in [0.5, 0.6) is 0 Å². The van der Waals surface area contributed by atoms with Crippen molar-refractivity contribution < 1.29 is 19.4 Å². The lowest BCUT2D eigenvalue weighted by molar-refractivity contribution is 0.0695. The van der Waals surface area contributed by atoms with Gasteiger partial charge in [-0.15, -0.1) is 0 Å². The number of carbonyl (C=O) groups is 1. The summed E-state index contributed by atoms with van der Waals surface area (Å²) in [5.74, 6) is -2.12. The first kappa shape index (κ1) is 13.5. The number of pyridine rings is 1. The topological polar surface area (TPSA) is 90.4 Å². The normalized spacial score (nSPS) is 10.9. The lowest BCUT2D eigenvalue weighted by Gasteiger charge is -2.09. The number of carboxylic acids is 1. The Labute approximate surface area is 111 Å². The molecule has 2 aromatic rings. The van der Waals surface area contributed by atoms with Crippen molar-refractivity contribution in [2.45, 2.75) is 6.42 Å². The number of hydrogen-bond acceptors (Lipinski definition) is 3. The molecule has 0 unspecified atom stereocenters. The predicted octanol–water partition coefficient (Wildman–Crippen LogP) is 1.55. The Hall–Kier alpha value is -1.92. The summed E-state index contributed by atoms with van der Waals surface area (Å²) >= 11 is 5.68. The zero-order valence-corrected chi connectivity index (χ0v) is 10.3. The van der Waals surface area contributed by atoms with Crippen LogP contribution in [0.4, 0.5) is 4.39 Å². The van der Waals surface area contributed by atoms with Crippen molar-refractivity contribution in [3.8, 4) is 0 Å². The van der Waals surface area contributed by atoms with Crippen LogP contribution in [0.15, 0.2) is 17.1 Å². The van der Waals surface area contributed by atoms with E-state index in [1.807, 2.05) is 0 Å². The van der Waals surface area contributed by atoms with Gasteiger partial charge in [-0.25, -0.2) is 9.18 Å². The molecule has 2 rings (SSSR count). The van der Waals surface area contributed by atoms with E-state index in [-0.39, 0.29) is 34.5 Å². The standard InChI is InChI=1S/C12H9ClFNO4/c13-8-3-6-10(5(1-2-16)9(8)14)15-4-7(11(6)17)12(18)19/h3-4,16H,1-2H2,(H,15,17)(H,18,19). The number of aliphatic hydroxyl groups excluding tert-OH is 1. The minimum Gasteiger partial charge on any atom is -0.477 e. The van der Waals surface area contributed by atoms with Gasteiger partial charge >= 0.3 is 5.97 Å². The average molecular weight is 286 g/mol. The molecular formula is C12H9ClFNO4. The summed E-state index contributed by atoms with van der Waals surface area (Å²) < 4.78 is 13.8. The Morgan fingerprint density at radius 2 is 2.16 bits per heavy atom. The summed E-state index contributed by atoms with van der Waals surface area (Å²) in [6.07, 6.45) is 0.965. The van der Waals surface area contributed by atoms with Crippen molar-refractivity contribution in [2.75, 3.05) is 6.61 Å². The summed E-state index contributed by atoms with van der Waals surface area (Å²) in [5, 5.41) is 17.5. The Bertz CT molecular complexity index is 726. The fraction of sp³-hybridized carbons (Fsp3) is 0.167. The van der Waals surface area contributed by atoms with Gasteiger partial charge in [-0.1, -0.05) is 11.6 Å². The van der Waals surface area contributed by atoms with Crippen LogP contribution in [0.25, 0.3) is 10.9 Å². The maximum atomic E-state index is 13.8. The lowest BCUT2D eigenvalue weighted by atomic mass is 10.0. The van der Waals surface area contributed by atoms with Crippen molar-refractivity contribution in [1.82, 2.24) is 4.98 Å². The SMILES string of the molecule is O=C(O)c1c[nH]c2c(CCO)c(F)c(Cl)cc2c1=O. The smallest absolute Gasteiger partial charge is 0.341 e. The van der Waals surface area contributed by atoms with E-state index in [0.717, 1.165) is 12.3 Å². The number of aromatic amines is 1. The van der Waals surface area contributed by atoms with E-state index in [1.54, 1.807) is 0 Å². The summed E-state index contributed by atoms with van der Waals surface area (Å²) in [6, 6.07) is 1.08. The van der Waals surface area contributed by atoms with Gasteiger partial charge < -0.3 is 15.2 Å². The number of hydrogen-bond donors (Lipinski definition) is 3. The second-order valence-corrected chi connectivity index (χ2v) is 4.29. The first-order valence-corrected chi connectivity index (χ1v) is 5.71. The van der Waals surface area contributed by atoms with E-state index in [2.05, 4.69) is 4.98 Å². The van der Waals surface area contributed by atoms with Crippen LogP contribution in [0.2, 0.25) is 5.02 Å². The monoisotopic (exact) mass is 285 g/mol. The van der Waals surface area contributed by atoms with Gasteiger partial charge in [0.2, 0.25) is 5.43 Å². The highest BCUT2D eigenvalue weighted by Crippen LogP contribution is 2.25. The summed E-state index contributed by atoms with van der Waals surface area (Å²) in [7, 11) is 0. The highest BCUT2D eigenvalue weighted by molar-refractivity contribution is 6.31. The molecule has 0 amide bonds. The van der Waals surface area contributed by atoms with Gasteiger partial charge in [-0.2, -0.15) is 0 Å². The molecule has 7 heteroatoms. The molecule has 0 fully saturated rings. The molecule has 0 saturated carbocycles. The van der Waals surface area contributed by atoms with Crippen LogP contribution in [0, 0.1) is 5.82 Å². The van der Waals surface area contributed by atoms with E-state index in [1.165, 1.54) is 0 Å². The maximum Gasteiger partial charge on any atom is 0.341 e. The van der Waals surface area contributed by atoms with Gasteiger partial charge in [-0.3, -0.25) is 4.79 Å². The molecule has 3 N–H and O–H groups in total. The first-order valence-electron chi connectivity index (χ1n) is 5.33. The third kappa shape index (κ3) is 2.20. The van der Waals surface area contributed by atoms with Crippen LogP contribution in [-0.2, 0) is 6.42 Å². The van der Waals surface area contributed by atoms with Crippen molar-refractivity contribution in [1.29, 1.82) is 0 Å². The number of aromatic nitrogens is 1. The molecule has 1 heterocycles. The second-order valence-electron chi connectivity index (χ2n) is 3.88. The highest BCUT2D eigenvalue weighted by atomic mass is 35.5. The molecule has 0 aliphatic heterocycles. The molecule has 5 nitrogen and oxygen atoms in total. The number of aromatic carboxylic acids is 1. The van der Waals surface area contributed by atoms with Gasteiger partial charge in [0.1, 0.15) is 11.4 Å². The molecule has 0 saturated heterocycles. The van der Waals surface area contributed by atoms with Crippen LogP contribution in [-0.4, -0.2) is 27.8 Å². The number of carboxylic acid groups (broad SMARTS) is 1. The van der Waals surface area contributed by atoms with E-state index in [4.69, 9.17) is 21.8 Å². The Kier molecular flexibility index (Phi) is 3.55. The zero-order valence-electron chi connectivity index (χ0n) is 9.54. The number of rotatable bonds is 3. The van der Waals surface area contributed by atoms with E-state index in [9.17, 15) is 14.0 Å². The second kappa shape index (κ2) is 4.99. The van der Waals surface area contributed by atoms with Gasteiger partial charge in [0.25, 0.3) is 0 Å². The molecule has 0 aliphatic rings. The summed E-state index contributed by atoms with van der Waals surface area (Å²) in [6.45, 7) is -0.324. The molecule has 0 radical (unpaired) electrons. The van der Waals surface area contributed by atoms with Crippen molar-refractivity contribution >= 4 is 28.5 Å². The van der Waals surface area contributed by atoms with Gasteiger partial charge in [0, 0.05) is 30.2 Å². The number of nitrogens with one attached hydrogen (secondary N) is 1. The number of aliphatic hydroxyl groups is 1. The fourth-order valence-corrected chi connectivity index (χ4v) is 2.11. The predicted molar refractivity (Wildman–Crippen MR) is 67.3 cm³/mol. The van der Waals surface area contributed by atoms with Gasteiger partial charge in [0.15, 0.2) is 0 Å². The number of fused-ring (bicyclic) bond motifs is 1. The molecule has 0 atom stereocenters.